The molecule has 1 aliphatic rings. The smallest absolute Gasteiger partial charge is 0.234 e. The molecule has 1 fully saturated rings. The van der Waals surface area contributed by atoms with E-state index in [1.807, 2.05) is 11.8 Å². The summed E-state index contributed by atoms with van der Waals surface area (Å²) in [6, 6.07) is 0. The number of carbonyl (C=O) groups excluding carboxylic acids is 2. The number of carbonyl (C=O) groups is 2. The molecule has 0 aromatic heterocycles. The minimum atomic E-state index is 0.0921. The van der Waals surface area contributed by atoms with Gasteiger partial charge in [0.1, 0.15) is 0 Å². The molecule has 0 spiro atoms. The Morgan fingerprint density at radius 3 is 2.43 bits per heavy atom. The third-order valence-corrected chi connectivity index (χ3v) is 3.81. The summed E-state index contributed by atoms with van der Waals surface area (Å²) >= 11 is 0. The molecule has 0 bridgehead atoms. The number of amides is 2. The van der Waals surface area contributed by atoms with Crippen LogP contribution in [-0.4, -0.2) is 60.9 Å². The second-order valence-corrected chi connectivity index (χ2v) is 7.02. The maximum Gasteiger partial charge on any atom is 0.234 e. The van der Waals surface area contributed by atoms with Crippen molar-refractivity contribution in [2.45, 2.75) is 47.0 Å². The zero-order valence-corrected chi connectivity index (χ0v) is 14.1. The van der Waals surface area contributed by atoms with Gasteiger partial charge >= 0.3 is 0 Å². The maximum atomic E-state index is 11.9. The van der Waals surface area contributed by atoms with E-state index >= 15 is 0 Å². The first-order chi connectivity index (χ1) is 9.81. The molecule has 0 aliphatic carbocycles. The molecule has 1 aliphatic heterocycles. The molecule has 1 rings (SSSR count). The molecule has 0 saturated carbocycles. The van der Waals surface area contributed by atoms with Crippen molar-refractivity contribution in [3.8, 4) is 0 Å². The van der Waals surface area contributed by atoms with Gasteiger partial charge in [-0.05, 0) is 18.3 Å². The van der Waals surface area contributed by atoms with E-state index in [0.29, 0.717) is 13.0 Å². The third kappa shape index (κ3) is 7.46. The normalized spacial score (nSPS) is 17.4. The minimum Gasteiger partial charge on any atom is -0.355 e. The van der Waals surface area contributed by atoms with Crippen LogP contribution < -0.4 is 5.32 Å². The summed E-state index contributed by atoms with van der Waals surface area (Å²) in [5, 5.41) is 2.99. The molecular weight excluding hydrogens is 266 g/mol. The SMILES string of the molecule is CCC(=O)N1CCCN(CC(=O)NCCC(C)(C)C)CC1. The molecule has 1 saturated heterocycles. The van der Waals surface area contributed by atoms with Gasteiger partial charge in [-0.1, -0.05) is 27.7 Å². The van der Waals surface area contributed by atoms with Gasteiger partial charge in [0.15, 0.2) is 0 Å². The standard InChI is InChI=1S/C16H31N3O2/c1-5-15(21)19-10-6-9-18(11-12-19)13-14(20)17-8-7-16(2,3)4/h5-13H2,1-4H3,(H,17,20). The molecule has 0 radical (unpaired) electrons. The Labute approximate surface area is 129 Å². The second-order valence-electron chi connectivity index (χ2n) is 7.02. The fourth-order valence-electron chi connectivity index (χ4n) is 2.44. The van der Waals surface area contributed by atoms with Crippen LogP contribution in [0.15, 0.2) is 0 Å². The number of nitrogens with one attached hydrogen (secondary N) is 1. The third-order valence-electron chi connectivity index (χ3n) is 3.81. The maximum absolute atomic E-state index is 11.9. The van der Waals surface area contributed by atoms with Crippen molar-refractivity contribution in [3.05, 3.63) is 0 Å². The van der Waals surface area contributed by atoms with Gasteiger partial charge in [0, 0.05) is 39.1 Å². The van der Waals surface area contributed by atoms with Gasteiger partial charge in [0.25, 0.3) is 0 Å². The average molecular weight is 297 g/mol. The summed E-state index contributed by atoms with van der Waals surface area (Å²) in [5.41, 5.74) is 0.247. The van der Waals surface area contributed by atoms with Crippen LogP contribution >= 0.6 is 0 Å². The Kier molecular flexibility index (Phi) is 7.15. The summed E-state index contributed by atoms with van der Waals surface area (Å²) < 4.78 is 0. The van der Waals surface area contributed by atoms with Gasteiger partial charge in [0.05, 0.1) is 6.54 Å². The van der Waals surface area contributed by atoms with Crippen LogP contribution in [-0.2, 0) is 9.59 Å². The average Bonchev–Trinajstić information content (AvgIpc) is 2.62. The minimum absolute atomic E-state index is 0.0921. The monoisotopic (exact) mass is 297 g/mol. The summed E-state index contributed by atoms with van der Waals surface area (Å²) in [6.45, 7) is 12.8. The van der Waals surface area contributed by atoms with E-state index in [9.17, 15) is 9.59 Å². The molecule has 0 aromatic rings. The highest BCUT2D eigenvalue weighted by molar-refractivity contribution is 5.78. The van der Waals surface area contributed by atoms with Crippen LogP contribution in [0.2, 0.25) is 0 Å². The first-order valence-electron chi connectivity index (χ1n) is 8.08. The quantitative estimate of drug-likeness (QED) is 0.836. The molecular formula is C16H31N3O2. The lowest BCUT2D eigenvalue weighted by Crippen LogP contribution is -2.40. The van der Waals surface area contributed by atoms with Crippen molar-refractivity contribution in [1.82, 2.24) is 15.1 Å². The van der Waals surface area contributed by atoms with Gasteiger partial charge in [0.2, 0.25) is 11.8 Å². The molecule has 1 N–H and O–H groups in total. The summed E-state index contributed by atoms with van der Waals surface area (Å²) in [5.74, 6) is 0.306. The molecule has 1 heterocycles. The highest BCUT2D eigenvalue weighted by atomic mass is 16.2. The molecule has 5 nitrogen and oxygen atoms in total. The molecule has 0 aromatic carbocycles. The number of nitrogens with zero attached hydrogens (tertiary/aromatic N) is 2. The Hall–Kier alpha value is -1.10. The topological polar surface area (TPSA) is 52.7 Å². The van der Waals surface area contributed by atoms with E-state index in [0.717, 1.165) is 45.6 Å². The Morgan fingerprint density at radius 2 is 1.81 bits per heavy atom. The lowest BCUT2D eigenvalue weighted by molar-refractivity contribution is -0.130. The van der Waals surface area contributed by atoms with Crippen LogP contribution in [0.4, 0.5) is 0 Å². The van der Waals surface area contributed by atoms with Gasteiger partial charge in [-0.3, -0.25) is 14.5 Å². The molecule has 0 unspecified atom stereocenters. The van der Waals surface area contributed by atoms with E-state index in [2.05, 4.69) is 31.0 Å². The number of rotatable bonds is 5. The Morgan fingerprint density at radius 1 is 1.10 bits per heavy atom. The van der Waals surface area contributed by atoms with Crippen LogP contribution in [0.3, 0.4) is 0 Å². The van der Waals surface area contributed by atoms with Crippen molar-refractivity contribution in [2.24, 2.45) is 5.41 Å². The molecule has 21 heavy (non-hydrogen) atoms. The van der Waals surface area contributed by atoms with Crippen molar-refractivity contribution in [2.75, 3.05) is 39.3 Å². The van der Waals surface area contributed by atoms with Crippen LogP contribution in [0.5, 0.6) is 0 Å². The van der Waals surface area contributed by atoms with Crippen LogP contribution in [0, 0.1) is 5.41 Å². The van der Waals surface area contributed by atoms with Gasteiger partial charge in [-0.15, -0.1) is 0 Å². The molecule has 0 atom stereocenters. The lowest BCUT2D eigenvalue weighted by Gasteiger charge is -2.22. The molecule has 2 amide bonds. The van der Waals surface area contributed by atoms with Crippen molar-refractivity contribution >= 4 is 11.8 Å². The zero-order chi connectivity index (χ0) is 15.9. The number of hydrogen-bond acceptors (Lipinski definition) is 3. The largest absolute Gasteiger partial charge is 0.355 e. The van der Waals surface area contributed by atoms with E-state index in [-0.39, 0.29) is 17.2 Å². The Bertz CT molecular complexity index is 350. The first kappa shape index (κ1) is 18.0. The predicted molar refractivity (Wildman–Crippen MR) is 85.0 cm³/mol. The summed E-state index contributed by atoms with van der Waals surface area (Å²) in [7, 11) is 0. The van der Waals surface area contributed by atoms with Gasteiger partial charge in [-0.2, -0.15) is 0 Å². The van der Waals surface area contributed by atoms with E-state index in [4.69, 9.17) is 0 Å². The van der Waals surface area contributed by atoms with Crippen molar-refractivity contribution in [1.29, 1.82) is 0 Å². The lowest BCUT2D eigenvalue weighted by atomic mass is 9.92. The highest BCUT2D eigenvalue weighted by Crippen LogP contribution is 2.16. The Balaban J connectivity index is 2.28. The predicted octanol–water partition coefficient (Wildman–Crippen LogP) is 1.48. The van der Waals surface area contributed by atoms with Gasteiger partial charge < -0.3 is 10.2 Å². The van der Waals surface area contributed by atoms with Crippen LogP contribution in [0.25, 0.3) is 0 Å². The highest BCUT2D eigenvalue weighted by Gasteiger charge is 2.19. The van der Waals surface area contributed by atoms with Gasteiger partial charge in [-0.25, -0.2) is 0 Å². The fourth-order valence-corrected chi connectivity index (χ4v) is 2.44. The van der Waals surface area contributed by atoms with E-state index in [1.54, 1.807) is 0 Å². The van der Waals surface area contributed by atoms with Crippen molar-refractivity contribution < 1.29 is 9.59 Å². The zero-order valence-electron chi connectivity index (χ0n) is 14.1. The van der Waals surface area contributed by atoms with Crippen LogP contribution in [0.1, 0.15) is 47.0 Å². The summed E-state index contributed by atoms with van der Waals surface area (Å²) in [6.07, 6.45) is 2.49. The molecule has 122 valence electrons. The van der Waals surface area contributed by atoms with Crippen molar-refractivity contribution in [3.63, 3.8) is 0 Å². The number of hydrogen-bond donors (Lipinski definition) is 1. The molecule has 5 heteroatoms. The van der Waals surface area contributed by atoms with E-state index in [1.165, 1.54) is 0 Å². The fraction of sp³-hybridized carbons (Fsp3) is 0.875. The second kappa shape index (κ2) is 8.37. The summed E-state index contributed by atoms with van der Waals surface area (Å²) in [4.78, 5) is 27.7. The first-order valence-corrected chi connectivity index (χ1v) is 8.08. The van der Waals surface area contributed by atoms with E-state index < -0.39 is 0 Å².